The summed E-state index contributed by atoms with van der Waals surface area (Å²) in [6, 6.07) is 0. The van der Waals surface area contributed by atoms with Gasteiger partial charge in [-0.1, -0.05) is 32.4 Å². The van der Waals surface area contributed by atoms with Crippen molar-refractivity contribution in [1.82, 2.24) is 0 Å². The Kier molecular flexibility index (Phi) is 5.84. The zero-order valence-electron chi connectivity index (χ0n) is 5.85. The maximum atomic E-state index is 4.23. The second-order valence-electron chi connectivity index (χ2n) is 2.25. The molecule has 8 heavy (non-hydrogen) atoms. The summed E-state index contributed by atoms with van der Waals surface area (Å²) in [5, 5.41) is 0. The largest absolute Gasteiger partial charge is 0.180 e. The predicted molar refractivity (Wildman–Crippen MR) is 45.5 cm³/mol. The van der Waals surface area contributed by atoms with Gasteiger partial charge in [0.1, 0.15) is 7.28 Å². The van der Waals surface area contributed by atoms with Gasteiger partial charge in [-0.2, -0.15) is 12.6 Å². The summed E-state index contributed by atoms with van der Waals surface area (Å²) >= 11 is 4.23. The molecule has 0 amide bonds. The van der Waals surface area contributed by atoms with Gasteiger partial charge in [0.05, 0.1) is 0 Å². The summed E-state index contributed by atoms with van der Waals surface area (Å²) in [6.07, 6.45) is 2.65. The lowest BCUT2D eigenvalue weighted by Gasteiger charge is -2.06. The normalized spacial score (nSPS) is 13.4. The van der Waals surface area contributed by atoms with E-state index in [4.69, 9.17) is 0 Å². The molecule has 0 N–H and O–H groups in total. The zero-order valence-corrected chi connectivity index (χ0v) is 6.75. The van der Waals surface area contributed by atoms with Crippen LogP contribution in [0.2, 0.25) is 12.6 Å². The quantitative estimate of drug-likeness (QED) is 0.436. The monoisotopic (exact) mass is 130 g/mol. The van der Waals surface area contributed by atoms with Gasteiger partial charge in [0.25, 0.3) is 0 Å². The van der Waals surface area contributed by atoms with Crippen LogP contribution in [0, 0.1) is 0 Å². The number of thiol groups is 1. The van der Waals surface area contributed by atoms with E-state index in [1.165, 1.54) is 20.1 Å². The smallest absolute Gasteiger partial charge is 0.122 e. The molecule has 0 aliphatic rings. The van der Waals surface area contributed by atoms with E-state index in [0.717, 1.165) is 11.6 Å². The molecule has 0 radical (unpaired) electrons. The van der Waals surface area contributed by atoms with Gasteiger partial charge in [0.2, 0.25) is 0 Å². The second-order valence-corrected chi connectivity index (χ2v) is 2.61. The summed E-state index contributed by atoms with van der Waals surface area (Å²) < 4.78 is 0. The summed E-state index contributed by atoms with van der Waals surface area (Å²) in [6.45, 7) is 4.46. The molecular formula is C6H15BS. The van der Waals surface area contributed by atoms with Crippen LogP contribution in [0.3, 0.4) is 0 Å². The Hall–Kier alpha value is 0.415. The fraction of sp³-hybridized carbons (Fsp3) is 1.00. The third-order valence-electron chi connectivity index (χ3n) is 1.53. The lowest BCUT2D eigenvalue weighted by molar-refractivity contribution is 0.771. The Balaban J connectivity index is 3.07. The van der Waals surface area contributed by atoms with E-state index in [0.29, 0.717) is 0 Å². The average molecular weight is 130 g/mol. The molecule has 0 spiro atoms. The molecule has 1 atom stereocenters. The van der Waals surface area contributed by atoms with Crippen molar-refractivity contribution < 1.29 is 0 Å². The first-order valence-corrected chi connectivity index (χ1v) is 4.09. The van der Waals surface area contributed by atoms with Crippen molar-refractivity contribution >= 4 is 19.9 Å². The topological polar surface area (TPSA) is 0 Å². The molecule has 2 heteroatoms. The molecule has 0 rings (SSSR count). The van der Waals surface area contributed by atoms with E-state index >= 15 is 0 Å². The summed E-state index contributed by atoms with van der Waals surface area (Å²) in [4.78, 5) is 0. The van der Waals surface area contributed by atoms with Gasteiger partial charge in [0.15, 0.2) is 0 Å². The molecule has 0 saturated heterocycles. The molecule has 0 aliphatic carbocycles. The van der Waals surface area contributed by atoms with Crippen molar-refractivity contribution in [3.05, 3.63) is 0 Å². The first-order chi connectivity index (χ1) is 3.85. The van der Waals surface area contributed by atoms with E-state index in [1.807, 2.05) is 0 Å². The van der Waals surface area contributed by atoms with E-state index in [9.17, 15) is 0 Å². The van der Waals surface area contributed by atoms with Crippen molar-refractivity contribution in [1.29, 1.82) is 0 Å². The Morgan fingerprint density at radius 3 is 2.38 bits per heavy atom. The minimum Gasteiger partial charge on any atom is -0.180 e. The van der Waals surface area contributed by atoms with E-state index in [2.05, 4.69) is 26.4 Å². The Morgan fingerprint density at radius 1 is 1.62 bits per heavy atom. The molecular weight excluding hydrogens is 115 g/mol. The zero-order chi connectivity index (χ0) is 6.41. The van der Waals surface area contributed by atoms with Gasteiger partial charge in [-0.05, 0) is 5.75 Å². The van der Waals surface area contributed by atoms with Crippen molar-refractivity contribution in [2.24, 2.45) is 0 Å². The molecule has 0 aromatic rings. The number of hydrogen-bond acceptors (Lipinski definition) is 1. The van der Waals surface area contributed by atoms with Crippen LogP contribution < -0.4 is 0 Å². The minimum absolute atomic E-state index is 0.864. The predicted octanol–water partition coefficient (Wildman–Crippen LogP) is 1.99. The standard InChI is InChI=1S/C6H15BS/c1-3-4-6(5-8)7-2/h6-8H,3-5H2,1-2H3/t6-/m1/s1. The highest BCUT2D eigenvalue weighted by Gasteiger charge is 2.00. The number of hydrogen-bond donors (Lipinski definition) is 1. The molecule has 0 fully saturated rings. The van der Waals surface area contributed by atoms with Crippen LogP contribution in [0.5, 0.6) is 0 Å². The summed E-state index contributed by atoms with van der Waals surface area (Å²) in [5.74, 6) is 1.92. The molecule has 0 heterocycles. The van der Waals surface area contributed by atoms with E-state index in [1.54, 1.807) is 0 Å². The van der Waals surface area contributed by atoms with Gasteiger partial charge in [-0.15, -0.1) is 0 Å². The highest BCUT2D eigenvalue weighted by Crippen LogP contribution is 2.12. The third kappa shape index (κ3) is 3.42. The highest BCUT2D eigenvalue weighted by atomic mass is 32.1. The van der Waals surface area contributed by atoms with Crippen LogP contribution in [-0.2, 0) is 0 Å². The fourth-order valence-corrected chi connectivity index (χ4v) is 1.27. The van der Waals surface area contributed by atoms with Crippen molar-refractivity contribution in [2.75, 3.05) is 5.75 Å². The van der Waals surface area contributed by atoms with Gasteiger partial charge in [-0.3, -0.25) is 0 Å². The summed E-state index contributed by atoms with van der Waals surface area (Å²) in [7, 11) is 1.29. The molecule has 0 bridgehead atoms. The van der Waals surface area contributed by atoms with Crippen molar-refractivity contribution in [3.63, 3.8) is 0 Å². The first kappa shape index (κ1) is 8.41. The lowest BCUT2D eigenvalue weighted by atomic mass is 9.66. The SMILES string of the molecule is CB[C@@H](CS)CCC. The van der Waals surface area contributed by atoms with Crippen LogP contribution >= 0.6 is 12.6 Å². The maximum Gasteiger partial charge on any atom is 0.122 e. The molecule has 48 valence electrons. The van der Waals surface area contributed by atoms with E-state index < -0.39 is 0 Å². The van der Waals surface area contributed by atoms with Crippen LogP contribution in [-0.4, -0.2) is 13.0 Å². The number of rotatable bonds is 4. The van der Waals surface area contributed by atoms with Crippen LogP contribution in [0.25, 0.3) is 0 Å². The lowest BCUT2D eigenvalue weighted by Crippen LogP contribution is -2.00. The Bertz CT molecular complexity index is 43.8. The Labute approximate surface area is 58.7 Å². The molecule has 0 nitrogen and oxygen atoms in total. The van der Waals surface area contributed by atoms with Crippen LogP contribution in [0.15, 0.2) is 0 Å². The maximum absolute atomic E-state index is 4.23. The van der Waals surface area contributed by atoms with Crippen molar-refractivity contribution in [2.45, 2.75) is 32.4 Å². The van der Waals surface area contributed by atoms with Crippen molar-refractivity contribution in [3.8, 4) is 0 Å². The first-order valence-electron chi connectivity index (χ1n) is 3.46. The molecule has 0 aromatic carbocycles. The van der Waals surface area contributed by atoms with Crippen LogP contribution in [0.4, 0.5) is 0 Å². The Morgan fingerprint density at radius 2 is 2.25 bits per heavy atom. The third-order valence-corrected chi connectivity index (χ3v) is 2.05. The average Bonchev–Trinajstić information content (AvgIpc) is 1.83. The minimum atomic E-state index is 0.864. The van der Waals surface area contributed by atoms with Gasteiger partial charge in [-0.25, -0.2) is 0 Å². The van der Waals surface area contributed by atoms with Crippen LogP contribution in [0.1, 0.15) is 19.8 Å². The van der Waals surface area contributed by atoms with Gasteiger partial charge in [0, 0.05) is 0 Å². The van der Waals surface area contributed by atoms with Gasteiger partial charge < -0.3 is 0 Å². The van der Waals surface area contributed by atoms with Gasteiger partial charge >= 0.3 is 0 Å². The van der Waals surface area contributed by atoms with E-state index in [-0.39, 0.29) is 0 Å². The molecule has 0 saturated carbocycles. The molecule has 0 aromatic heterocycles. The second kappa shape index (κ2) is 5.55. The molecule has 0 unspecified atom stereocenters. The summed E-state index contributed by atoms with van der Waals surface area (Å²) in [5.41, 5.74) is 0. The molecule has 0 aliphatic heterocycles. The highest BCUT2D eigenvalue weighted by molar-refractivity contribution is 7.80. The fourth-order valence-electron chi connectivity index (χ4n) is 0.833.